The van der Waals surface area contributed by atoms with Crippen molar-refractivity contribution in [1.29, 1.82) is 0 Å². The first-order valence-electron chi connectivity index (χ1n) is 8.08. The highest BCUT2D eigenvalue weighted by atomic mass is 14.1. The summed E-state index contributed by atoms with van der Waals surface area (Å²) in [6.07, 6.45) is 20.4. The molecule has 0 fully saturated rings. The number of hydrogen-bond acceptors (Lipinski definition) is 0. The molecule has 1 atom stereocenters. The molecule has 0 spiro atoms. The monoisotopic (exact) mass is 250 g/mol. The molecule has 0 bridgehead atoms. The molecule has 0 saturated heterocycles. The van der Waals surface area contributed by atoms with E-state index in [1.165, 1.54) is 70.6 Å². The van der Waals surface area contributed by atoms with Crippen LogP contribution in [0.15, 0.2) is 12.2 Å². The van der Waals surface area contributed by atoms with Crippen LogP contribution in [0.5, 0.6) is 0 Å². The van der Waals surface area contributed by atoms with Gasteiger partial charge in [-0.15, -0.1) is 0 Å². The molecular weight excluding hydrogens is 216 g/mol. The average molecular weight is 250 g/mol. The lowest BCUT2D eigenvalue weighted by Crippen LogP contribution is -1.98. The van der Waals surface area contributed by atoms with E-state index in [1.54, 1.807) is 0 Å². The number of rotatable bonds is 13. The van der Waals surface area contributed by atoms with Gasteiger partial charge in [-0.05, 0) is 25.7 Å². The molecular formula is C18H34. The molecule has 0 heteroatoms. The Morgan fingerprint density at radius 2 is 1.50 bits per heavy atom. The molecule has 0 heterocycles. The fourth-order valence-electron chi connectivity index (χ4n) is 2.51. The van der Waals surface area contributed by atoms with E-state index in [0.717, 1.165) is 12.3 Å². The number of hydrogen-bond donors (Lipinski definition) is 0. The van der Waals surface area contributed by atoms with E-state index in [9.17, 15) is 0 Å². The van der Waals surface area contributed by atoms with Gasteiger partial charge in [-0.1, -0.05) is 90.2 Å². The van der Waals surface area contributed by atoms with Crippen LogP contribution in [0.25, 0.3) is 0 Å². The Morgan fingerprint density at radius 1 is 0.889 bits per heavy atom. The summed E-state index contributed by atoms with van der Waals surface area (Å²) >= 11 is 0. The lowest BCUT2D eigenvalue weighted by Gasteiger charge is -2.13. The molecule has 2 radical (unpaired) electrons. The van der Waals surface area contributed by atoms with E-state index >= 15 is 0 Å². The maximum Gasteiger partial charge on any atom is -0.0316 e. The van der Waals surface area contributed by atoms with E-state index < -0.39 is 0 Å². The minimum Gasteiger partial charge on any atom is -0.0885 e. The second-order valence-corrected chi connectivity index (χ2v) is 5.44. The molecule has 0 aromatic heterocycles. The van der Waals surface area contributed by atoms with Crippen LogP contribution in [-0.4, -0.2) is 0 Å². The van der Waals surface area contributed by atoms with Gasteiger partial charge in [0.25, 0.3) is 0 Å². The third kappa shape index (κ3) is 12.2. The molecule has 0 aliphatic rings. The molecule has 0 N–H and O–H groups in total. The average Bonchev–Trinajstić information content (AvgIpc) is 2.40. The van der Waals surface area contributed by atoms with Crippen LogP contribution in [0, 0.1) is 19.8 Å². The fraction of sp³-hybridized carbons (Fsp3) is 0.778. The normalized spacial score (nSPS) is 13.3. The second-order valence-electron chi connectivity index (χ2n) is 5.44. The van der Waals surface area contributed by atoms with Gasteiger partial charge in [-0.25, -0.2) is 0 Å². The summed E-state index contributed by atoms with van der Waals surface area (Å²) in [5.41, 5.74) is 0. The predicted molar refractivity (Wildman–Crippen MR) is 84.4 cm³/mol. The predicted octanol–water partition coefficient (Wildman–Crippen LogP) is 6.53. The summed E-state index contributed by atoms with van der Waals surface area (Å²) in [7, 11) is 0. The second kappa shape index (κ2) is 14.8. The third-order valence-corrected chi connectivity index (χ3v) is 3.84. The van der Waals surface area contributed by atoms with E-state index in [2.05, 4.69) is 26.8 Å². The Hall–Kier alpha value is -0.260. The zero-order valence-electron chi connectivity index (χ0n) is 12.6. The lowest BCUT2D eigenvalue weighted by atomic mass is 9.93. The minimum absolute atomic E-state index is 0.967. The highest BCUT2D eigenvalue weighted by Gasteiger charge is 2.04. The van der Waals surface area contributed by atoms with Gasteiger partial charge in [-0.2, -0.15) is 0 Å². The minimum atomic E-state index is 0.967. The quantitative estimate of drug-likeness (QED) is 0.326. The van der Waals surface area contributed by atoms with Crippen LogP contribution < -0.4 is 0 Å². The highest BCUT2D eigenvalue weighted by molar-refractivity contribution is 4.83. The van der Waals surface area contributed by atoms with Gasteiger partial charge in [-0.3, -0.25) is 0 Å². The smallest absolute Gasteiger partial charge is 0.0316 e. The Balaban J connectivity index is 3.22. The van der Waals surface area contributed by atoms with E-state index in [-0.39, 0.29) is 0 Å². The standard InChI is InChI=1S/C18H34/c1-4-7-9-10-11-12-13-14-15-17-18(6-3)16-8-5-2/h4,7,18H,1-2,5-6,8-17H2,3H3/b7-4+. The molecule has 0 rings (SSSR count). The molecule has 0 amide bonds. The van der Waals surface area contributed by atoms with Crippen LogP contribution in [0.2, 0.25) is 0 Å². The number of unbranched alkanes of at least 4 members (excludes halogenated alkanes) is 7. The first-order chi connectivity index (χ1) is 8.85. The number of allylic oxidation sites excluding steroid dienone is 2. The molecule has 0 nitrogen and oxygen atoms in total. The van der Waals surface area contributed by atoms with Crippen molar-refractivity contribution in [3.05, 3.63) is 26.0 Å². The fourth-order valence-corrected chi connectivity index (χ4v) is 2.51. The van der Waals surface area contributed by atoms with Gasteiger partial charge in [0.05, 0.1) is 0 Å². The van der Waals surface area contributed by atoms with Crippen molar-refractivity contribution in [2.75, 3.05) is 0 Å². The van der Waals surface area contributed by atoms with Crippen LogP contribution in [0.4, 0.5) is 0 Å². The summed E-state index contributed by atoms with van der Waals surface area (Å²) in [5.74, 6) is 0.967. The first-order valence-corrected chi connectivity index (χ1v) is 8.08. The third-order valence-electron chi connectivity index (χ3n) is 3.84. The van der Waals surface area contributed by atoms with Crippen molar-refractivity contribution in [3.8, 4) is 0 Å². The van der Waals surface area contributed by atoms with E-state index in [4.69, 9.17) is 0 Å². The summed E-state index contributed by atoms with van der Waals surface area (Å²) in [6.45, 7) is 9.98. The zero-order valence-corrected chi connectivity index (χ0v) is 12.6. The maximum atomic E-state index is 3.93. The van der Waals surface area contributed by atoms with Crippen LogP contribution in [0.1, 0.15) is 84.0 Å². The Bertz CT molecular complexity index is 169. The molecule has 0 aromatic rings. The van der Waals surface area contributed by atoms with Gasteiger partial charge in [0.2, 0.25) is 0 Å². The van der Waals surface area contributed by atoms with Gasteiger partial charge in [0.15, 0.2) is 0 Å². The first kappa shape index (κ1) is 17.7. The SMILES string of the molecule is [CH2]/C=C/CCCCCCCCC(CC)CCC[CH2]. The van der Waals surface area contributed by atoms with Crippen LogP contribution >= 0.6 is 0 Å². The molecule has 18 heavy (non-hydrogen) atoms. The summed E-state index contributed by atoms with van der Waals surface area (Å²) in [6, 6.07) is 0. The van der Waals surface area contributed by atoms with Crippen molar-refractivity contribution in [1.82, 2.24) is 0 Å². The van der Waals surface area contributed by atoms with Crippen molar-refractivity contribution >= 4 is 0 Å². The topological polar surface area (TPSA) is 0 Å². The molecule has 0 aliphatic heterocycles. The van der Waals surface area contributed by atoms with E-state index in [0.29, 0.717) is 0 Å². The van der Waals surface area contributed by atoms with Gasteiger partial charge >= 0.3 is 0 Å². The van der Waals surface area contributed by atoms with Gasteiger partial charge in [0, 0.05) is 0 Å². The lowest BCUT2D eigenvalue weighted by molar-refractivity contribution is 0.402. The summed E-state index contributed by atoms with van der Waals surface area (Å²) in [5, 5.41) is 0. The molecule has 0 aromatic carbocycles. The van der Waals surface area contributed by atoms with Crippen molar-refractivity contribution in [3.63, 3.8) is 0 Å². The summed E-state index contributed by atoms with van der Waals surface area (Å²) < 4.78 is 0. The Morgan fingerprint density at radius 3 is 2.11 bits per heavy atom. The summed E-state index contributed by atoms with van der Waals surface area (Å²) in [4.78, 5) is 0. The Kier molecular flexibility index (Phi) is 14.6. The highest BCUT2D eigenvalue weighted by Crippen LogP contribution is 2.20. The van der Waals surface area contributed by atoms with Gasteiger partial charge in [0.1, 0.15) is 0 Å². The van der Waals surface area contributed by atoms with E-state index in [1.807, 2.05) is 6.08 Å². The largest absolute Gasteiger partial charge is 0.0885 e. The zero-order chi connectivity index (χ0) is 13.5. The van der Waals surface area contributed by atoms with Crippen LogP contribution in [0.3, 0.4) is 0 Å². The molecule has 1 unspecified atom stereocenters. The Labute approximate surface area is 116 Å². The van der Waals surface area contributed by atoms with Crippen molar-refractivity contribution in [2.24, 2.45) is 5.92 Å². The van der Waals surface area contributed by atoms with Gasteiger partial charge < -0.3 is 0 Å². The molecule has 0 saturated carbocycles. The molecule has 0 aliphatic carbocycles. The molecule has 106 valence electrons. The van der Waals surface area contributed by atoms with Crippen molar-refractivity contribution < 1.29 is 0 Å². The van der Waals surface area contributed by atoms with Crippen LogP contribution in [-0.2, 0) is 0 Å². The van der Waals surface area contributed by atoms with Crippen molar-refractivity contribution in [2.45, 2.75) is 84.0 Å². The maximum absolute atomic E-state index is 3.93.